The third kappa shape index (κ3) is 3.15. The first kappa shape index (κ1) is 15.3. The highest BCUT2D eigenvalue weighted by Crippen LogP contribution is 2.26. The number of aliphatic hydroxyl groups excluding tert-OH is 2. The van der Waals surface area contributed by atoms with E-state index in [4.69, 9.17) is 15.3 Å². The van der Waals surface area contributed by atoms with Gasteiger partial charge in [-0.25, -0.2) is 8.78 Å². The Balaban J connectivity index is 3.18. The Hall–Kier alpha value is -1.80. The van der Waals surface area contributed by atoms with Crippen molar-refractivity contribution in [2.45, 2.75) is 0 Å². The van der Waals surface area contributed by atoms with E-state index in [1.165, 1.54) is 0 Å². The zero-order valence-corrected chi connectivity index (χ0v) is 9.74. The summed E-state index contributed by atoms with van der Waals surface area (Å²) in [6.07, 6.45) is 0. The molecule has 19 heavy (non-hydrogen) atoms. The lowest BCUT2D eigenvalue weighted by Gasteiger charge is -2.21. The molecule has 1 rings (SSSR count). The number of hydrogen-bond donors (Lipinski definition) is 3. The maximum Gasteiger partial charge on any atom is 0.257 e. The minimum absolute atomic E-state index is 0.224. The molecule has 0 aromatic heterocycles. The van der Waals surface area contributed by atoms with Crippen molar-refractivity contribution in [3.8, 4) is 5.75 Å². The van der Waals surface area contributed by atoms with Crippen LogP contribution in [0.4, 0.5) is 13.2 Å². The van der Waals surface area contributed by atoms with Gasteiger partial charge in [0, 0.05) is 13.1 Å². The molecule has 1 amide bonds. The summed E-state index contributed by atoms with van der Waals surface area (Å²) >= 11 is 0. The number of aliphatic hydroxyl groups is 2. The van der Waals surface area contributed by atoms with Crippen molar-refractivity contribution < 1.29 is 33.3 Å². The van der Waals surface area contributed by atoms with Gasteiger partial charge in [-0.3, -0.25) is 4.79 Å². The molecule has 0 unspecified atom stereocenters. The lowest BCUT2D eigenvalue weighted by molar-refractivity contribution is 0.0678. The lowest BCUT2D eigenvalue weighted by Crippen LogP contribution is -2.36. The predicted octanol–water partition coefficient (Wildman–Crippen LogP) is 0.236. The molecule has 0 bridgehead atoms. The third-order valence-electron chi connectivity index (χ3n) is 2.39. The molecule has 0 heterocycles. The first-order valence-electron chi connectivity index (χ1n) is 5.31. The maximum absolute atomic E-state index is 13.5. The second-order valence-corrected chi connectivity index (χ2v) is 3.62. The third-order valence-corrected chi connectivity index (χ3v) is 2.39. The van der Waals surface area contributed by atoms with Gasteiger partial charge in [-0.1, -0.05) is 0 Å². The fraction of sp³-hybridized carbons (Fsp3) is 0.364. The molecule has 0 spiro atoms. The van der Waals surface area contributed by atoms with E-state index < -0.39 is 47.9 Å². The summed E-state index contributed by atoms with van der Waals surface area (Å²) in [6.45, 7) is -1.36. The highest BCUT2D eigenvalue weighted by molar-refractivity contribution is 5.95. The Kier molecular flexibility index (Phi) is 5.13. The van der Waals surface area contributed by atoms with E-state index in [0.717, 1.165) is 4.90 Å². The first-order chi connectivity index (χ1) is 8.93. The van der Waals surface area contributed by atoms with Gasteiger partial charge in [-0.2, -0.15) is 4.39 Å². The molecule has 0 fully saturated rings. The van der Waals surface area contributed by atoms with Crippen molar-refractivity contribution in [1.29, 1.82) is 0 Å². The van der Waals surface area contributed by atoms with Gasteiger partial charge in [0.05, 0.1) is 18.8 Å². The molecule has 106 valence electrons. The van der Waals surface area contributed by atoms with E-state index in [1.807, 2.05) is 0 Å². The van der Waals surface area contributed by atoms with Crippen LogP contribution in [0.15, 0.2) is 6.07 Å². The zero-order chi connectivity index (χ0) is 14.6. The summed E-state index contributed by atoms with van der Waals surface area (Å²) in [6, 6.07) is 0.314. The highest BCUT2D eigenvalue weighted by Gasteiger charge is 2.25. The number of carbonyl (C=O) groups excluding carboxylic acids is 1. The molecular formula is C11H12F3NO4. The Bertz CT molecular complexity index is 475. The molecular weight excluding hydrogens is 267 g/mol. The topological polar surface area (TPSA) is 81.0 Å². The molecule has 5 nitrogen and oxygen atoms in total. The molecule has 0 aliphatic rings. The van der Waals surface area contributed by atoms with Crippen molar-refractivity contribution >= 4 is 5.91 Å². The summed E-state index contributed by atoms with van der Waals surface area (Å²) in [4.78, 5) is 12.7. The molecule has 3 N–H and O–H groups in total. The molecule has 1 aromatic rings. The lowest BCUT2D eigenvalue weighted by atomic mass is 10.1. The molecule has 0 saturated heterocycles. The van der Waals surface area contributed by atoms with Gasteiger partial charge in [0.1, 0.15) is 0 Å². The monoisotopic (exact) mass is 279 g/mol. The predicted molar refractivity (Wildman–Crippen MR) is 58.1 cm³/mol. The van der Waals surface area contributed by atoms with E-state index in [-0.39, 0.29) is 13.1 Å². The van der Waals surface area contributed by atoms with Gasteiger partial charge < -0.3 is 20.2 Å². The highest BCUT2D eigenvalue weighted by atomic mass is 19.2. The first-order valence-corrected chi connectivity index (χ1v) is 5.31. The minimum Gasteiger partial charge on any atom is -0.503 e. The Morgan fingerprint density at radius 1 is 1.11 bits per heavy atom. The number of phenolic OH excluding ortho intramolecular Hbond substituents is 1. The van der Waals surface area contributed by atoms with Crippen molar-refractivity contribution in [2.24, 2.45) is 0 Å². The largest absolute Gasteiger partial charge is 0.503 e. The SMILES string of the molecule is O=C(c1cc(F)c(F)c(O)c1F)N(CCO)CCO. The van der Waals surface area contributed by atoms with Crippen LogP contribution in [-0.4, -0.2) is 52.4 Å². The van der Waals surface area contributed by atoms with Crippen LogP contribution in [0, 0.1) is 17.5 Å². The van der Waals surface area contributed by atoms with Crippen LogP contribution >= 0.6 is 0 Å². The number of nitrogens with zero attached hydrogens (tertiary/aromatic N) is 1. The molecule has 0 atom stereocenters. The number of rotatable bonds is 5. The number of phenols is 1. The summed E-state index contributed by atoms with van der Waals surface area (Å²) in [5.74, 6) is -7.61. The van der Waals surface area contributed by atoms with Gasteiger partial charge in [0.25, 0.3) is 5.91 Å². The fourth-order valence-corrected chi connectivity index (χ4v) is 1.47. The number of carbonyl (C=O) groups is 1. The van der Waals surface area contributed by atoms with E-state index in [0.29, 0.717) is 6.07 Å². The molecule has 1 aromatic carbocycles. The smallest absolute Gasteiger partial charge is 0.257 e. The maximum atomic E-state index is 13.5. The normalized spacial score (nSPS) is 10.6. The van der Waals surface area contributed by atoms with Crippen molar-refractivity contribution in [3.05, 3.63) is 29.1 Å². The Morgan fingerprint density at radius 3 is 2.11 bits per heavy atom. The zero-order valence-electron chi connectivity index (χ0n) is 9.74. The van der Waals surface area contributed by atoms with Crippen molar-refractivity contribution in [2.75, 3.05) is 26.3 Å². The van der Waals surface area contributed by atoms with Crippen LogP contribution in [0.5, 0.6) is 5.75 Å². The van der Waals surface area contributed by atoms with Crippen LogP contribution < -0.4 is 0 Å². The Morgan fingerprint density at radius 2 is 1.63 bits per heavy atom. The summed E-state index contributed by atoms with van der Waals surface area (Å²) in [5, 5.41) is 26.5. The number of halogens is 3. The Labute approximate surface area is 106 Å². The van der Waals surface area contributed by atoms with Crippen LogP contribution in [0.25, 0.3) is 0 Å². The number of amides is 1. The molecule has 0 aliphatic carbocycles. The number of hydrogen-bond acceptors (Lipinski definition) is 4. The van der Waals surface area contributed by atoms with E-state index in [1.54, 1.807) is 0 Å². The summed E-state index contributed by atoms with van der Waals surface area (Å²) in [5.41, 5.74) is -0.877. The van der Waals surface area contributed by atoms with Gasteiger partial charge >= 0.3 is 0 Å². The van der Waals surface area contributed by atoms with Crippen LogP contribution in [0.1, 0.15) is 10.4 Å². The summed E-state index contributed by atoms with van der Waals surface area (Å²) < 4.78 is 39.4. The average Bonchev–Trinajstić information content (AvgIpc) is 2.39. The van der Waals surface area contributed by atoms with E-state index in [2.05, 4.69) is 0 Å². The number of aromatic hydroxyl groups is 1. The van der Waals surface area contributed by atoms with Gasteiger partial charge in [-0.15, -0.1) is 0 Å². The minimum atomic E-state index is -1.79. The van der Waals surface area contributed by atoms with Gasteiger partial charge in [-0.05, 0) is 6.07 Å². The van der Waals surface area contributed by atoms with Crippen LogP contribution in [0.3, 0.4) is 0 Å². The molecule has 0 radical (unpaired) electrons. The van der Waals surface area contributed by atoms with Gasteiger partial charge in [0.2, 0.25) is 5.82 Å². The molecule has 0 saturated carbocycles. The molecule has 0 aliphatic heterocycles. The van der Waals surface area contributed by atoms with Crippen molar-refractivity contribution in [1.82, 2.24) is 4.90 Å². The van der Waals surface area contributed by atoms with E-state index in [9.17, 15) is 18.0 Å². The van der Waals surface area contributed by atoms with Crippen molar-refractivity contribution in [3.63, 3.8) is 0 Å². The van der Waals surface area contributed by atoms with E-state index >= 15 is 0 Å². The standard InChI is InChI=1S/C11H12F3NO4/c12-7-5-6(8(13)10(18)9(7)14)11(19)15(1-3-16)2-4-17/h5,16-18H,1-4H2. The second kappa shape index (κ2) is 6.39. The average molecular weight is 279 g/mol. The number of benzene rings is 1. The summed E-state index contributed by atoms with van der Waals surface area (Å²) in [7, 11) is 0. The van der Waals surface area contributed by atoms with Gasteiger partial charge in [0.15, 0.2) is 17.4 Å². The second-order valence-electron chi connectivity index (χ2n) is 3.62. The molecule has 8 heteroatoms. The quantitative estimate of drug-likeness (QED) is 0.674. The van der Waals surface area contributed by atoms with Crippen LogP contribution in [0.2, 0.25) is 0 Å². The fourth-order valence-electron chi connectivity index (χ4n) is 1.47. The van der Waals surface area contributed by atoms with Crippen LogP contribution in [-0.2, 0) is 0 Å².